The molecule has 7 heteroatoms. The summed E-state index contributed by atoms with van der Waals surface area (Å²) in [6, 6.07) is 9.16. The molecule has 1 aromatic rings. The summed E-state index contributed by atoms with van der Waals surface area (Å²) in [6.45, 7) is 9.68. The Balaban J connectivity index is 0.00000256. The van der Waals surface area contributed by atoms with Crippen molar-refractivity contribution in [3.63, 3.8) is 0 Å². The second kappa shape index (κ2) is 10.8. The Morgan fingerprint density at radius 1 is 1.13 bits per heavy atom. The number of carbonyl (C=O) groups is 1. The van der Waals surface area contributed by atoms with Crippen molar-refractivity contribution in [1.29, 1.82) is 0 Å². The number of aliphatic imine (C=N–C) groups is 1. The molecule has 1 aliphatic carbocycles. The Morgan fingerprint density at radius 2 is 1.83 bits per heavy atom. The molecule has 6 nitrogen and oxygen atoms in total. The van der Waals surface area contributed by atoms with Gasteiger partial charge in [-0.05, 0) is 44.2 Å². The maximum Gasteiger partial charge on any atom is 0.225 e. The van der Waals surface area contributed by atoms with Gasteiger partial charge in [0.1, 0.15) is 0 Å². The lowest BCUT2D eigenvalue weighted by Crippen LogP contribution is -2.50. The molecule has 1 amide bonds. The van der Waals surface area contributed by atoms with Crippen molar-refractivity contribution in [3.8, 4) is 0 Å². The minimum absolute atomic E-state index is 0. The molecule has 4 rings (SSSR count). The number of morpholine rings is 1. The van der Waals surface area contributed by atoms with Crippen LogP contribution in [0.4, 0.5) is 0 Å². The third-order valence-electron chi connectivity index (χ3n) is 6.47. The van der Waals surface area contributed by atoms with E-state index in [0.717, 1.165) is 51.5 Å². The fourth-order valence-electron chi connectivity index (χ4n) is 4.63. The van der Waals surface area contributed by atoms with E-state index >= 15 is 0 Å². The number of carbonyl (C=O) groups excluding carboxylic acids is 1. The van der Waals surface area contributed by atoms with E-state index in [0.29, 0.717) is 31.1 Å². The number of benzene rings is 1. The third kappa shape index (κ3) is 5.46. The van der Waals surface area contributed by atoms with Crippen molar-refractivity contribution in [2.45, 2.75) is 45.1 Å². The number of hydrogen-bond donors (Lipinski definition) is 1. The topological polar surface area (TPSA) is 57.2 Å². The summed E-state index contributed by atoms with van der Waals surface area (Å²) in [6.07, 6.45) is 2.98. The number of nitrogens with one attached hydrogen (secondary N) is 1. The Hall–Kier alpha value is -1.35. The fraction of sp³-hybridized carbons (Fsp3) is 0.652. The first kappa shape index (κ1) is 23.3. The van der Waals surface area contributed by atoms with Gasteiger partial charge in [-0.3, -0.25) is 9.79 Å². The van der Waals surface area contributed by atoms with E-state index in [4.69, 9.17) is 9.73 Å². The van der Waals surface area contributed by atoms with Crippen LogP contribution in [-0.2, 0) is 9.53 Å². The average Bonchev–Trinajstić information content (AvgIpc) is 3.53. The van der Waals surface area contributed by atoms with Crippen LogP contribution >= 0.6 is 24.0 Å². The molecule has 30 heavy (non-hydrogen) atoms. The highest BCUT2D eigenvalue weighted by Crippen LogP contribution is 2.42. The zero-order chi connectivity index (χ0) is 20.2. The van der Waals surface area contributed by atoms with Gasteiger partial charge < -0.3 is 19.9 Å². The van der Waals surface area contributed by atoms with E-state index in [1.807, 2.05) is 4.90 Å². The van der Waals surface area contributed by atoms with Crippen molar-refractivity contribution in [3.05, 3.63) is 35.4 Å². The molecule has 2 saturated heterocycles. The molecule has 166 valence electrons. The molecular formula is C23H35IN4O2. The van der Waals surface area contributed by atoms with E-state index in [-0.39, 0.29) is 29.9 Å². The van der Waals surface area contributed by atoms with Crippen LogP contribution in [0.15, 0.2) is 29.3 Å². The van der Waals surface area contributed by atoms with Crippen LogP contribution in [0.3, 0.4) is 0 Å². The molecule has 0 spiro atoms. The van der Waals surface area contributed by atoms with Crippen molar-refractivity contribution in [2.24, 2.45) is 10.9 Å². The minimum atomic E-state index is 0. The number of piperidine rings is 1. The lowest BCUT2D eigenvalue weighted by Gasteiger charge is -2.37. The predicted octanol–water partition coefficient (Wildman–Crippen LogP) is 3.01. The van der Waals surface area contributed by atoms with Gasteiger partial charge in [0.15, 0.2) is 5.96 Å². The highest BCUT2D eigenvalue weighted by atomic mass is 127. The quantitative estimate of drug-likeness (QED) is 0.373. The third-order valence-corrected chi connectivity index (χ3v) is 6.47. The van der Waals surface area contributed by atoms with Crippen molar-refractivity contribution in [2.75, 3.05) is 45.9 Å². The van der Waals surface area contributed by atoms with Crippen molar-refractivity contribution < 1.29 is 9.53 Å². The van der Waals surface area contributed by atoms with Gasteiger partial charge in [0.05, 0.1) is 13.2 Å². The number of nitrogens with zero attached hydrogens (tertiary/aromatic N) is 3. The molecule has 2 heterocycles. The average molecular weight is 526 g/mol. The van der Waals surface area contributed by atoms with Crippen LogP contribution in [0, 0.1) is 12.8 Å². The SMILES string of the molecule is CCN=C(NC1CC1c1ccccc1C)N1CCC(C(=O)N2CCOCC2)CC1.I. The number of rotatable bonds is 4. The molecule has 2 unspecified atom stereocenters. The molecule has 1 saturated carbocycles. The normalized spacial score (nSPS) is 24.9. The van der Waals surface area contributed by atoms with Gasteiger partial charge >= 0.3 is 0 Å². The number of hydrogen-bond acceptors (Lipinski definition) is 3. The maximum absolute atomic E-state index is 12.8. The van der Waals surface area contributed by atoms with Gasteiger partial charge in [0.2, 0.25) is 5.91 Å². The Kier molecular flexibility index (Phi) is 8.39. The van der Waals surface area contributed by atoms with E-state index < -0.39 is 0 Å². The number of aryl methyl sites for hydroxylation is 1. The number of ether oxygens (including phenoxy) is 1. The van der Waals surface area contributed by atoms with Gasteiger partial charge in [0, 0.05) is 50.6 Å². The smallest absolute Gasteiger partial charge is 0.225 e. The summed E-state index contributed by atoms with van der Waals surface area (Å²) >= 11 is 0. The lowest BCUT2D eigenvalue weighted by molar-refractivity contribution is -0.140. The number of halogens is 1. The van der Waals surface area contributed by atoms with Crippen LogP contribution in [0.2, 0.25) is 0 Å². The first-order valence-electron chi connectivity index (χ1n) is 11.2. The Bertz CT molecular complexity index is 742. The summed E-state index contributed by atoms with van der Waals surface area (Å²) in [5.41, 5.74) is 2.83. The first-order chi connectivity index (χ1) is 14.2. The molecule has 1 N–H and O–H groups in total. The van der Waals surface area contributed by atoms with Crippen LogP contribution in [-0.4, -0.2) is 73.6 Å². The summed E-state index contributed by atoms with van der Waals surface area (Å²) in [5, 5.41) is 3.71. The van der Waals surface area contributed by atoms with Crippen LogP contribution in [0.25, 0.3) is 0 Å². The highest BCUT2D eigenvalue weighted by molar-refractivity contribution is 14.0. The lowest BCUT2D eigenvalue weighted by atomic mass is 9.95. The standard InChI is InChI=1S/C23H34N4O2.HI/c1-3-24-23(25-21-16-20(21)19-7-5-4-6-17(19)2)27-10-8-18(9-11-27)22(28)26-12-14-29-15-13-26;/h4-7,18,20-21H,3,8-16H2,1-2H3,(H,24,25);1H. The number of amides is 1. The van der Waals surface area contributed by atoms with Gasteiger partial charge in [-0.2, -0.15) is 0 Å². The zero-order valence-electron chi connectivity index (χ0n) is 18.2. The number of likely N-dealkylation sites (tertiary alicyclic amines) is 1. The van der Waals surface area contributed by atoms with E-state index in [2.05, 4.69) is 48.3 Å². The minimum Gasteiger partial charge on any atom is -0.378 e. The van der Waals surface area contributed by atoms with Gasteiger partial charge in [-0.15, -0.1) is 24.0 Å². The van der Waals surface area contributed by atoms with Gasteiger partial charge in [-0.25, -0.2) is 0 Å². The summed E-state index contributed by atoms with van der Waals surface area (Å²) in [4.78, 5) is 21.9. The van der Waals surface area contributed by atoms with E-state index in [1.54, 1.807) is 0 Å². The van der Waals surface area contributed by atoms with E-state index in [9.17, 15) is 4.79 Å². The molecule has 0 bridgehead atoms. The highest BCUT2D eigenvalue weighted by Gasteiger charge is 2.40. The summed E-state index contributed by atoms with van der Waals surface area (Å²) < 4.78 is 5.38. The predicted molar refractivity (Wildman–Crippen MR) is 131 cm³/mol. The Morgan fingerprint density at radius 3 is 2.50 bits per heavy atom. The molecule has 3 fully saturated rings. The molecule has 2 atom stereocenters. The molecular weight excluding hydrogens is 491 g/mol. The van der Waals surface area contributed by atoms with Gasteiger partial charge in [-0.1, -0.05) is 24.3 Å². The molecule has 1 aromatic carbocycles. The fourth-order valence-corrected chi connectivity index (χ4v) is 4.63. The summed E-state index contributed by atoms with van der Waals surface area (Å²) in [7, 11) is 0. The van der Waals surface area contributed by atoms with Crippen LogP contribution in [0.5, 0.6) is 0 Å². The van der Waals surface area contributed by atoms with Crippen LogP contribution < -0.4 is 5.32 Å². The molecule has 0 aromatic heterocycles. The first-order valence-corrected chi connectivity index (χ1v) is 11.2. The zero-order valence-corrected chi connectivity index (χ0v) is 20.5. The van der Waals surface area contributed by atoms with Crippen LogP contribution in [0.1, 0.15) is 43.2 Å². The monoisotopic (exact) mass is 526 g/mol. The second-order valence-corrected chi connectivity index (χ2v) is 8.45. The van der Waals surface area contributed by atoms with Crippen molar-refractivity contribution in [1.82, 2.24) is 15.1 Å². The largest absolute Gasteiger partial charge is 0.378 e. The van der Waals surface area contributed by atoms with Crippen molar-refractivity contribution >= 4 is 35.8 Å². The summed E-state index contributed by atoms with van der Waals surface area (Å²) in [5.74, 6) is 2.06. The Labute approximate surface area is 197 Å². The van der Waals surface area contributed by atoms with Gasteiger partial charge in [0.25, 0.3) is 0 Å². The molecule has 3 aliphatic rings. The molecule has 2 aliphatic heterocycles. The van der Waals surface area contributed by atoms with E-state index in [1.165, 1.54) is 17.5 Å². The molecule has 0 radical (unpaired) electrons. The second-order valence-electron chi connectivity index (χ2n) is 8.45. The number of guanidine groups is 1. The maximum atomic E-state index is 12.8.